The summed E-state index contributed by atoms with van der Waals surface area (Å²) < 4.78 is 11.8. The number of hydrogen-bond donors (Lipinski definition) is 2. The van der Waals surface area contributed by atoms with Crippen LogP contribution >= 0.6 is 0 Å². The summed E-state index contributed by atoms with van der Waals surface area (Å²) in [6.45, 7) is 8.21. The molecule has 0 saturated heterocycles. The molecule has 2 N–H and O–H groups in total. The molecule has 2 amide bonds. The van der Waals surface area contributed by atoms with Gasteiger partial charge in [-0.05, 0) is 133 Å². The number of amides is 2. The Labute approximate surface area is 311 Å². The quantitative estimate of drug-likeness (QED) is 0.133. The van der Waals surface area contributed by atoms with Gasteiger partial charge in [0, 0.05) is 22.5 Å². The fraction of sp³-hybridized carbons (Fsp3) is 0.191. The summed E-state index contributed by atoms with van der Waals surface area (Å²) in [7, 11) is 0. The summed E-state index contributed by atoms with van der Waals surface area (Å²) in [5.74, 6) is 1.12. The van der Waals surface area contributed by atoms with Gasteiger partial charge >= 0.3 is 0 Å². The number of nitrogens with one attached hydrogen (secondary N) is 2. The van der Waals surface area contributed by atoms with Crippen LogP contribution in [0.25, 0.3) is 11.1 Å². The van der Waals surface area contributed by atoms with Gasteiger partial charge in [-0.3, -0.25) is 9.59 Å². The summed E-state index contributed by atoms with van der Waals surface area (Å²) >= 11 is 0. The molecule has 6 aromatic rings. The van der Waals surface area contributed by atoms with Crippen molar-refractivity contribution in [1.29, 1.82) is 0 Å². The van der Waals surface area contributed by atoms with Crippen LogP contribution in [0.15, 0.2) is 146 Å². The maximum atomic E-state index is 13.2. The number of anilines is 2. The van der Waals surface area contributed by atoms with Gasteiger partial charge in [-0.15, -0.1) is 0 Å². The molecular formula is C47H44N2O4. The molecule has 0 aromatic heterocycles. The van der Waals surface area contributed by atoms with Crippen molar-refractivity contribution in [3.63, 3.8) is 0 Å². The lowest BCUT2D eigenvalue weighted by molar-refractivity contribution is 0.101. The average molecular weight is 701 g/mol. The third-order valence-corrected chi connectivity index (χ3v) is 10.2. The summed E-state index contributed by atoms with van der Waals surface area (Å²) in [4.78, 5) is 26.5. The minimum atomic E-state index is -0.630. The van der Waals surface area contributed by atoms with Gasteiger partial charge in [-0.25, -0.2) is 0 Å². The lowest BCUT2D eigenvalue weighted by Gasteiger charge is -2.34. The molecule has 0 aliphatic heterocycles. The maximum Gasteiger partial charge on any atom is 0.255 e. The summed E-state index contributed by atoms with van der Waals surface area (Å²) in [5.41, 5.74) is 8.72. The molecule has 6 heteroatoms. The van der Waals surface area contributed by atoms with Crippen LogP contribution in [0.3, 0.4) is 0 Å². The summed E-state index contributed by atoms with van der Waals surface area (Å²) in [5, 5.41) is 6.13. The highest BCUT2D eigenvalue weighted by Gasteiger charge is 2.45. The second kappa shape index (κ2) is 15.2. The van der Waals surface area contributed by atoms with Crippen molar-refractivity contribution >= 4 is 23.2 Å². The predicted molar refractivity (Wildman–Crippen MR) is 213 cm³/mol. The van der Waals surface area contributed by atoms with E-state index in [-0.39, 0.29) is 24.0 Å². The van der Waals surface area contributed by atoms with Gasteiger partial charge in [0.1, 0.15) is 11.5 Å². The number of carbonyl (C=O) groups excluding carboxylic acids is 2. The van der Waals surface area contributed by atoms with Crippen molar-refractivity contribution in [1.82, 2.24) is 0 Å². The minimum absolute atomic E-state index is 0.109. The van der Waals surface area contributed by atoms with Crippen LogP contribution in [0.1, 0.15) is 83.5 Å². The Morgan fingerprint density at radius 1 is 0.509 bits per heavy atom. The zero-order valence-electron chi connectivity index (χ0n) is 30.6. The molecule has 2 atom stereocenters. The number of hydrogen-bond acceptors (Lipinski definition) is 4. The van der Waals surface area contributed by atoms with E-state index >= 15 is 0 Å². The minimum Gasteiger partial charge on any atom is -0.491 e. The van der Waals surface area contributed by atoms with Crippen LogP contribution < -0.4 is 20.1 Å². The first-order chi connectivity index (χ1) is 25.8. The van der Waals surface area contributed by atoms with Crippen LogP contribution in [-0.2, 0) is 5.41 Å². The van der Waals surface area contributed by atoms with E-state index < -0.39 is 5.41 Å². The Hall–Kier alpha value is -6.14. The van der Waals surface area contributed by atoms with Gasteiger partial charge in [0.05, 0.1) is 17.6 Å². The zero-order valence-corrected chi connectivity index (χ0v) is 30.6. The van der Waals surface area contributed by atoms with Gasteiger partial charge in [0.15, 0.2) is 0 Å². The molecule has 6 aromatic carbocycles. The lowest BCUT2D eigenvalue weighted by atomic mass is 9.67. The van der Waals surface area contributed by atoms with E-state index in [1.807, 2.05) is 62.4 Å². The van der Waals surface area contributed by atoms with Crippen molar-refractivity contribution in [2.24, 2.45) is 0 Å². The van der Waals surface area contributed by atoms with Crippen molar-refractivity contribution in [2.45, 2.75) is 58.2 Å². The maximum absolute atomic E-state index is 13.2. The van der Waals surface area contributed by atoms with Crippen LogP contribution in [0.5, 0.6) is 11.5 Å². The monoisotopic (exact) mass is 700 g/mol. The number of fused-ring (bicyclic) bond motifs is 3. The number of carbonyl (C=O) groups is 2. The molecule has 2 unspecified atom stereocenters. The standard InChI is InChI=1S/C47H44N2O4/c1-5-31(3)52-39-27-15-33(16-28-39)45(50)48-37-23-19-35(20-24-37)47(43-13-9-7-11-41(43)42-12-8-10-14-44(42)47)36-21-25-38(26-22-36)49-46(51)34-17-29-40(30-18-34)53-32(4)6-2/h7-32H,5-6H2,1-4H3,(H,48,50)(H,49,51). The molecular weight excluding hydrogens is 657 g/mol. The van der Waals surface area contributed by atoms with Crippen molar-refractivity contribution in [2.75, 3.05) is 10.6 Å². The molecule has 6 nitrogen and oxygen atoms in total. The molecule has 0 saturated carbocycles. The second-order valence-corrected chi connectivity index (χ2v) is 13.6. The third-order valence-electron chi connectivity index (χ3n) is 10.2. The van der Waals surface area contributed by atoms with E-state index in [9.17, 15) is 9.59 Å². The molecule has 1 aliphatic rings. The number of rotatable bonds is 12. The highest BCUT2D eigenvalue weighted by molar-refractivity contribution is 6.05. The molecule has 7 rings (SSSR count). The highest BCUT2D eigenvalue weighted by atomic mass is 16.5. The first-order valence-electron chi connectivity index (χ1n) is 18.4. The molecule has 0 heterocycles. The molecule has 53 heavy (non-hydrogen) atoms. The van der Waals surface area contributed by atoms with Gasteiger partial charge in [-0.2, -0.15) is 0 Å². The first-order valence-corrected chi connectivity index (χ1v) is 18.4. The van der Waals surface area contributed by atoms with E-state index in [1.165, 1.54) is 22.3 Å². The van der Waals surface area contributed by atoms with Gasteiger partial charge in [0.2, 0.25) is 0 Å². The Morgan fingerprint density at radius 2 is 0.868 bits per heavy atom. The smallest absolute Gasteiger partial charge is 0.255 e. The SMILES string of the molecule is CCC(C)Oc1ccc(C(=O)Nc2ccc(C3(c4ccc(NC(=O)c5ccc(OC(C)CC)cc5)cc4)c4ccccc4-c4ccccc43)cc2)cc1. The Morgan fingerprint density at radius 3 is 1.23 bits per heavy atom. The molecule has 266 valence electrons. The fourth-order valence-corrected chi connectivity index (χ4v) is 7.04. The summed E-state index contributed by atoms with van der Waals surface area (Å²) in [6.07, 6.45) is 2.03. The Bertz CT molecular complexity index is 2050. The van der Waals surface area contributed by atoms with Gasteiger partial charge in [-0.1, -0.05) is 86.6 Å². The van der Waals surface area contributed by atoms with Crippen LogP contribution in [-0.4, -0.2) is 24.0 Å². The van der Waals surface area contributed by atoms with E-state index in [1.54, 1.807) is 24.3 Å². The van der Waals surface area contributed by atoms with Gasteiger partial charge in [0.25, 0.3) is 11.8 Å². The van der Waals surface area contributed by atoms with Crippen LogP contribution in [0.4, 0.5) is 11.4 Å². The normalized spacial score (nSPS) is 13.6. The van der Waals surface area contributed by atoms with Crippen LogP contribution in [0.2, 0.25) is 0 Å². The predicted octanol–water partition coefficient (Wildman–Crippen LogP) is 10.9. The molecule has 0 bridgehead atoms. The number of ether oxygens (including phenoxy) is 2. The van der Waals surface area contributed by atoms with Crippen molar-refractivity contribution < 1.29 is 19.1 Å². The molecule has 0 spiro atoms. The van der Waals surface area contributed by atoms with E-state index in [4.69, 9.17) is 9.47 Å². The second-order valence-electron chi connectivity index (χ2n) is 13.6. The lowest BCUT2D eigenvalue weighted by Crippen LogP contribution is -2.28. The number of benzene rings is 6. The third kappa shape index (κ3) is 7.05. The highest BCUT2D eigenvalue weighted by Crippen LogP contribution is 2.56. The average Bonchev–Trinajstić information content (AvgIpc) is 3.50. The Balaban J connectivity index is 1.18. The van der Waals surface area contributed by atoms with Crippen LogP contribution in [0, 0.1) is 0 Å². The van der Waals surface area contributed by atoms with Gasteiger partial charge < -0.3 is 20.1 Å². The van der Waals surface area contributed by atoms with E-state index in [0.717, 1.165) is 35.5 Å². The summed E-state index contributed by atoms with van der Waals surface area (Å²) in [6, 6.07) is 47.8. The van der Waals surface area contributed by atoms with Crippen molar-refractivity contribution in [3.8, 4) is 22.6 Å². The fourth-order valence-electron chi connectivity index (χ4n) is 7.04. The van der Waals surface area contributed by atoms with E-state index in [2.05, 4.69) is 97.3 Å². The Kier molecular flexibility index (Phi) is 10.1. The molecule has 0 fully saturated rings. The largest absolute Gasteiger partial charge is 0.491 e. The molecule has 0 radical (unpaired) electrons. The van der Waals surface area contributed by atoms with E-state index in [0.29, 0.717) is 22.5 Å². The first kappa shape index (κ1) is 35.3. The topological polar surface area (TPSA) is 76.7 Å². The molecule has 1 aliphatic carbocycles. The van der Waals surface area contributed by atoms with Crippen molar-refractivity contribution in [3.05, 3.63) is 179 Å². The zero-order chi connectivity index (χ0) is 37.0.